The van der Waals surface area contributed by atoms with Crippen molar-refractivity contribution in [3.05, 3.63) is 56.2 Å². The summed E-state index contributed by atoms with van der Waals surface area (Å²) in [5.41, 5.74) is 1.92. The average molecular weight is 350 g/mol. The topological polar surface area (TPSA) is 20.3 Å². The number of thiophene rings is 1. The second kappa shape index (κ2) is 5.70. The first-order chi connectivity index (χ1) is 9.65. The third-order valence-electron chi connectivity index (χ3n) is 3.51. The minimum atomic E-state index is 0.132. The van der Waals surface area contributed by atoms with E-state index < -0.39 is 0 Å². The largest absolute Gasteiger partial charge is 0.330 e. The Labute approximate surface area is 131 Å². The molecular weight excluding hydrogens is 334 g/mol. The van der Waals surface area contributed by atoms with E-state index in [2.05, 4.69) is 27.4 Å². The minimum absolute atomic E-state index is 0.132. The number of hydrogen-bond acceptors (Lipinski definition) is 2. The van der Waals surface area contributed by atoms with E-state index in [9.17, 15) is 4.79 Å². The lowest BCUT2D eigenvalue weighted by atomic mass is 10.1. The molecule has 2 aromatic rings. The zero-order chi connectivity index (χ0) is 14.1. The number of hydrogen-bond donors (Lipinski definition) is 0. The van der Waals surface area contributed by atoms with Crippen LogP contribution in [0.4, 0.5) is 0 Å². The van der Waals surface area contributed by atoms with E-state index in [1.165, 1.54) is 4.88 Å². The maximum atomic E-state index is 12.8. The molecule has 1 saturated carbocycles. The van der Waals surface area contributed by atoms with E-state index in [1.54, 1.807) is 11.3 Å². The third kappa shape index (κ3) is 2.96. The Hall–Kier alpha value is -1.13. The molecular formula is C16H16BrNOS. The highest BCUT2D eigenvalue weighted by molar-refractivity contribution is 9.10. The summed E-state index contributed by atoms with van der Waals surface area (Å²) in [5, 5.41) is 2.06. The Morgan fingerprint density at radius 3 is 2.80 bits per heavy atom. The van der Waals surface area contributed by atoms with Crippen molar-refractivity contribution in [3.8, 4) is 0 Å². The molecule has 0 aliphatic heterocycles. The number of aryl methyl sites for hydroxylation is 1. The smallest absolute Gasteiger partial charge is 0.255 e. The first-order valence-electron chi connectivity index (χ1n) is 6.74. The Bertz CT molecular complexity index is 619. The van der Waals surface area contributed by atoms with Gasteiger partial charge in [-0.1, -0.05) is 12.1 Å². The van der Waals surface area contributed by atoms with Crippen molar-refractivity contribution in [2.24, 2.45) is 0 Å². The molecule has 0 unspecified atom stereocenters. The van der Waals surface area contributed by atoms with Crippen LogP contribution in [0, 0.1) is 6.92 Å². The van der Waals surface area contributed by atoms with Crippen LogP contribution in [0.5, 0.6) is 0 Å². The van der Waals surface area contributed by atoms with Gasteiger partial charge in [0.15, 0.2) is 0 Å². The van der Waals surface area contributed by atoms with Gasteiger partial charge < -0.3 is 4.90 Å². The summed E-state index contributed by atoms with van der Waals surface area (Å²) in [5.74, 6) is 0.132. The molecule has 2 nitrogen and oxygen atoms in total. The Morgan fingerprint density at radius 1 is 1.40 bits per heavy atom. The molecule has 0 saturated heterocycles. The third-order valence-corrected chi connectivity index (χ3v) is 5.03. The van der Waals surface area contributed by atoms with Gasteiger partial charge in [-0.2, -0.15) is 0 Å². The second-order valence-electron chi connectivity index (χ2n) is 5.23. The lowest BCUT2D eigenvalue weighted by Crippen LogP contribution is -2.32. The first kappa shape index (κ1) is 13.8. The molecule has 1 aliphatic carbocycles. The van der Waals surface area contributed by atoms with Crippen molar-refractivity contribution >= 4 is 33.2 Å². The molecule has 0 radical (unpaired) electrons. The molecule has 20 heavy (non-hydrogen) atoms. The summed E-state index contributed by atoms with van der Waals surface area (Å²) >= 11 is 5.23. The molecule has 0 bridgehead atoms. The number of carbonyl (C=O) groups excluding carboxylic acids is 1. The van der Waals surface area contributed by atoms with Crippen LogP contribution in [0.25, 0.3) is 0 Å². The number of carbonyl (C=O) groups is 1. The van der Waals surface area contributed by atoms with E-state index in [1.807, 2.05) is 36.1 Å². The summed E-state index contributed by atoms with van der Waals surface area (Å²) in [4.78, 5) is 16.0. The van der Waals surface area contributed by atoms with Gasteiger partial charge in [0.05, 0.1) is 12.1 Å². The van der Waals surface area contributed by atoms with Gasteiger partial charge in [0.1, 0.15) is 0 Å². The molecule has 3 rings (SSSR count). The number of halogens is 1. The van der Waals surface area contributed by atoms with Gasteiger partial charge >= 0.3 is 0 Å². The molecule has 1 aromatic carbocycles. The molecule has 0 N–H and O–H groups in total. The lowest BCUT2D eigenvalue weighted by molar-refractivity contribution is 0.0731. The normalized spacial score (nSPS) is 14.3. The summed E-state index contributed by atoms with van der Waals surface area (Å²) in [6.45, 7) is 2.75. The molecule has 1 heterocycles. The van der Waals surface area contributed by atoms with Gasteiger partial charge in [0.25, 0.3) is 5.91 Å². The van der Waals surface area contributed by atoms with E-state index in [4.69, 9.17) is 0 Å². The van der Waals surface area contributed by atoms with Crippen LogP contribution in [0.3, 0.4) is 0 Å². The van der Waals surface area contributed by atoms with Gasteiger partial charge in [0.2, 0.25) is 0 Å². The van der Waals surface area contributed by atoms with E-state index in [-0.39, 0.29) is 5.91 Å². The SMILES string of the molecule is Cc1ccc(C(=O)N(Cc2cccs2)C2CC2)c(Br)c1. The maximum Gasteiger partial charge on any atom is 0.255 e. The second-order valence-corrected chi connectivity index (χ2v) is 7.11. The van der Waals surface area contributed by atoms with Gasteiger partial charge in [-0.3, -0.25) is 4.79 Å². The molecule has 1 amide bonds. The molecule has 104 valence electrons. The van der Waals surface area contributed by atoms with Crippen LogP contribution in [0.2, 0.25) is 0 Å². The molecule has 1 aromatic heterocycles. The van der Waals surface area contributed by atoms with Crippen molar-refractivity contribution in [1.29, 1.82) is 0 Å². The summed E-state index contributed by atoms with van der Waals surface area (Å²) in [6.07, 6.45) is 2.25. The maximum absolute atomic E-state index is 12.8. The molecule has 0 atom stereocenters. The molecule has 0 spiro atoms. The van der Waals surface area contributed by atoms with Crippen molar-refractivity contribution in [2.45, 2.75) is 32.4 Å². The quantitative estimate of drug-likeness (QED) is 0.788. The minimum Gasteiger partial charge on any atom is -0.330 e. The van der Waals surface area contributed by atoms with Crippen LogP contribution >= 0.6 is 27.3 Å². The zero-order valence-electron chi connectivity index (χ0n) is 11.3. The fourth-order valence-electron chi connectivity index (χ4n) is 2.27. The van der Waals surface area contributed by atoms with Gasteiger partial charge in [0, 0.05) is 15.4 Å². The number of nitrogens with zero attached hydrogens (tertiary/aromatic N) is 1. The van der Waals surface area contributed by atoms with Crippen LogP contribution < -0.4 is 0 Å². The highest BCUT2D eigenvalue weighted by Gasteiger charge is 2.33. The highest BCUT2D eigenvalue weighted by atomic mass is 79.9. The Morgan fingerprint density at radius 2 is 2.20 bits per heavy atom. The summed E-state index contributed by atoms with van der Waals surface area (Å²) < 4.78 is 0.888. The predicted molar refractivity (Wildman–Crippen MR) is 86.1 cm³/mol. The van der Waals surface area contributed by atoms with Crippen LogP contribution in [-0.4, -0.2) is 16.8 Å². The summed E-state index contributed by atoms with van der Waals surface area (Å²) in [7, 11) is 0. The highest BCUT2D eigenvalue weighted by Crippen LogP contribution is 2.32. The predicted octanol–water partition coefficient (Wildman–Crippen LogP) is 4.62. The Balaban J connectivity index is 1.85. The molecule has 4 heteroatoms. The van der Waals surface area contributed by atoms with E-state index >= 15 is 0 Å². The molecule has 1 fully saturated rings. The standard InChI is InChI=1S/C16H16BrNOS/c1-11-4-7-14(15(17)9-11)16(19)18(12-5-6-12)10-13-3-2-8-20-13/h2-4,7-9,12H,5-6,10H2,1H3. The van der Waals surface area contributed by atoms with Crippen LogP contribution in [0.15, 0.2) is 40.2 Å². The fraction of sp³-hybridized carbons (Fsp3) is 0.312. The Kier molecular flexibility index (Phi) is 3.94. The number of amides is 1. The van der Waals surface area contributed by atoms with Gasteiger partial charge in [-0.05, 0) is 64.8 Å². The average Bonchev–Trinajstić information content (AvgIpc) is 3.12. The number of benzene rings is 1. The monoisotopic (exact) mass is 349 g/mol. The zero-order valence-corrected chi connectivity index (χ0v) is 13.7. The first-order valence-corrected chi connectivity index (χ1v) is 8.42. The van der Waals surface area contributed by atoms with E-state index in [0.29, 0.717) is 6.04 Å². The van der Waals surface area contributed by atoms with Gasteiger partial charge in [-0.15, -0.1) is 11.3 Å². The van der Waals surface area contributed by atoms with E-state index in [0.717, 1.165) is 35.0 Å². The summed E-state index contributed by atoms with van der Waals surface area (Å²) in [6, 6.07) is 10.5. The van der Waals surface area contributed by atoms with Crippen molar-refractivity contribution in [3.63, 3.8) is 0 Å². The van der Waals surface area contributed by atoms with Crippen molar-refractivity contribution in [2.75, 3.05) is 0 Å². The van der Waals surface area contributed by atoms with Crippen molar-refractivity contribution < 1.29 is 4.79 Å². The molecule has 1 aliphatic rings. The van der Waals surface area contributed by atoms with Crippen LogP contribution in [-0.2, 0) is 6.54 Å². The van der Waals surface area contributed by atoms with Crippen LogP contribution in [0.1, 0.15) is 33.6 Å². The van der Waals surface area contributed by atoms with Gasteiger partial charge in [-0.25, -0.2) is 0 Å². The number of rotatable bonds is 4. The van der Waals surface area contributed by atoms with Crippen molar-refractivity contribution in [1.82, 2.24) is 4.90 Å². The lowest BCUT2D eigenvalue weighted by Gasteiger charge is -2.22. The fourth-order valence-corrected chi connectivity index (χ4v) is 3.64.